The highest BCUT2D eigenvalue weighted by atomic mass is 79.9. The Morgan fingerprint density at radius 1 is 0.616 bits per heavy atom. The number of alkyl halides is 1. The predicted molar refractivity (Wildman–Crippen MR) is 385 cm³/mol. The van der Waals surface area contributed by atoms with Crippen LogP contribution in [0.2, 0.25) is 0 Å². The van der Waals surface area contributed by atoms with E-state index in [9.17, 15) is 24.3 Å². The number of aliphatic hydroxyl groups is 4. The zero-order chi connectivity index (χ0) is 74.4. The van der Waals surface area contributed by atoms with Crippen LogP contribution >= 0.6 is 15.9 Å². The molecule has 0 aromatic heterocycles. The van der Waals surface area contributed by atoms with Gasteiger partial charge in [0.25, 0.3) is 0 Å². The summed E-state index contributed by atoms with van der Waals surface area (Å²) in [6.07, 6.45) is 15.0. The molecule has 1 aliphatic heterocycles. The zero-order valence-electron chi connectivity index (χ0n) is 61.8. The lowest BCUT2D eigenvalue weighted by molar-refractivity contribution is -0.149. The molecule has 5 N–H and O–H groups in total. The van der Waals surface area contributed by atoms with Crippen LogP contribution in [-0.4, -0.2) is 307 Å². The van der Waals surface area contributed by atoms with Gasteiger partial charge in [0.2, 0.25) is 17.7 Å². The second-order valence-corrected chi connectivity index (χ2v) is 24.5. The third-order valence-electron chi connectivity index (χ3n) is 15.9. The molecule has 26 heteroatoms. The number of likely N-dealkylation sites (tertiary alicyclic amines) is 1. The minimum Gasteiger partial charge on any atom is -0.394 e. The van der Waals surface area contributed by atoms with Crippen molar-refractivity contribution in [1.82, 2.24) is 20.0 Å². The third-order valence-corrected chi connectivity index (χ3v) is 16.3. The maximum absolute atomic E-state index is 14.6. The maximum Gasteiger partial charge on any atom is 0.226 e. The number of hydrogen-bond acceptors (Lipinski definition) is 22. The molecule has 572 valence electrons. The van der Waals surface area contributed by atoms with Gasteiger partial charge in [0.15, 0.2) is 5.78 Å². The number of carbonyl (C=O) groups is 4. The van der Waals surface area contributed by atoms with E-state index in [-0.39, 0.29) is 86.6 Å². The van der Waals surface area contributed by atoms with Gasteiger partial charge in [-0.25, -0.2) is 0 Å². The lowest BCUT2D eigenvalue weighted by Crippen LogP contribution is -2.54. The highest BCUT2D eigenvalue weighted by Crippen LogP contribution is 2.31. The number of ketones is 1. The number of amides is 3. The van der Waals surface area contributed by atoms with Crippen molar-refractivity contribution in [3.8, 4) is 37.0 Å². The molecule has 3 amide bonds. The molecule has 0 spiro atoms. The van der Waals surface area contributed by atoms with Gasteiger partial charge in [0, 0.05) is 46.7 Å². The van der Waals surface area contributed by atoms with Crippen LogP contribution in [0.4, 0.5) is 0 Å². The molecular weight excluding hydrogens is 1350 g/mol. The van der Waals surface area contributed by atoms with Crippen molar-refractivity contribution in [2.75, 3.05) is 212 Å². The Hall–Kier alpha value is -4.26. The normalized spacial score (nSPS) is 15.4. The van der Waals surface area contributed by atoms with Gasteiger partial charge in [-0.05, 0) is 50.1 Å². The van der Waals surface area contributed by atoms with Gasteiger partial charge >= 0.3 is 0 Å². The summed E-state index contributed by atoms with van der Waals surface area (Å²) in [4.78, 5) is 62.2. The van der Waals surface area contributed by atoms with Gasteiger partial charge in [-0.2, -0.15) is 0 Å². The minimum atomic E-state index is -0.889. The highest BCUT2D eigenvalue weighted by Gasteiger charge is 2.43. The summed E-state index contributed by atoms with van der Waals surface area (Å²) in [5.41, 5.74) is 0.705. The topological polar surface area (TPSA) is 291 Å². The number of carbonyl (C=O) groups excluding carboxylic acids is 4. The third kappa shape index (κ3) is 46.2. The smallest absolute Gasteiger partial charge is 0.226 e. The lowest BCUT2D eigenvalue weighted by Gasteiger charge is -2.41. The van der Waals surface area contributed by atoms with E-state index in [1.165, 1.54) is 0 Å². The molecule has 1 aliphatic rings. The number of likely N-dealkylation sites (N-methyl/N-ethyl adjacent to an activating group) is 2. The molecule has 1 fully saturated rings. The number of rotatable bonds is 56. The molecule has 2 rings (SSSR count). The molecule has 1 saturated heterocycles. The van der Waals surface area contributed by atoms with Crippen LogP contribution in [0, 0.1) is 66.6 Å². The fourth-order valence-corrected chi connectivity index (χ4v) is 10.7. The van der Waals surface area contributed by atoms with E-state index < -0.39 is 48.3 Å². The monoisotopic (exact) mass is 1470 g/mol. The van der Waals surface area contributed by atoms with Crippen LogP contribution in [0.5, 0.6) is 0 Å². The first-order valence-corrected chi connectivity index (χ1v) is 35.8. The van der Waals surface area contributed by atoms with Crippen molar-refractivity contribution < 1.29 is 101 Å². The number of Topliss-reactive ketones (excluding diaryl/α,β-unsaturated/α-hetero) is 1. The van der Waals surface area contributed by atoms with Gasteiger partial charge in [0.05, 0.1) is 212 Å². The Balaban J connectivity index is 0. The Kier molecular flexibility index (Phi) is 64.3. The molecule has 0 saturated carbocycles. The molecule has 1 aromatic rings. The first kappa shape index (κ1) is 96.8. The number of nitrogens with one attached hydrogen (secondary N) is 1. The van der Waals surface area contributed by atoms with Crippen molar-refractivity contribution in [2.24, 2.45) is 29.6 Å². The fourth-order valence-electron chi connectivity index (χ4n) is 10.7. The zero-order valence-corrected chi connectivity index (χ0v) is 63.4. The molecule has 0 bridgehead atoms. The predicted octanol–water partition coefficient (Wildman–Crippen LogP) is 4.75. The SMILES string of the molecule is C#CCBr.C#CCOCCOCCOCCOCCN(C)[C@H](C(=O)C[C@H](C(=O)N(C)[C@@H]([C@@H](C)CC)[C@@H](CC(=O)N1CCC[C@H]1[C@H](OC)[C@@H](C)C(=O)N[C@H](C)[C@@H](O)c1ccccc1)OC)C(C)C)C(C)C.C#CCOCCOCCOCCOCCO.OCCOCCOCCOCCO. The molecule has 1 heterocycles. The van der Waals surface area contributed by atoms with E-state index in [4.69, 9.17) is 96.2 Å². The van der Waals surface area contributed by atoms with Crippen molar-refractivity contribution in [3.63, 3.8) is 0 Å². The number of aliphatic hydroxyl groups excluding tert-OH is 4. The van der Waals surface area contributed by atoms with Crippen molar-refractivity contribution >= 4 is 39.4 Å². The van der Waals surface area contributed by atoms with Crippen LogP contribution in [0.3, 0.4) is 0 Å². The summed E-state index contributed by atoms with van der Waals surface area (Å²) in [7, 11) is 6.81. The van der Waals surface area contributed by atoms with Gasteiger partial charge in [-0.15, -0.1) is 19.3 Å². The molecule has 25 nitrogen and oxygen atoms in total. The van der Waals surface area contributed by atoms with Crippen LogP contribution < -0.4 is 5.32 Å². The lowest BCUT2D eigenvalue weighted by atomic mass is 9.83. The average molecular weight is 1480 g/mol. The number of benzene rings is 1. The average Bonchev–Trinajstić information content (AvgIpc) is 1.80. The molecular formula is C73H127BrN4O21. The molecule has 99 heavy (non-hydrogen) atoms. The molecule has 0 radical (unpaired) electrons. The fraction of sp³-hybridized carbons (Fsp3) is 0.781. The maximum atomic E-state index is 14.6. The van der Waals surface area contributed by atoms with Gasteiger partial charge < -0.3 is 97.1 Å². The van der Waals surface area contributed by atoms with E-state index in [1.54, 1.807) is 44.9 Å². The quantitative estimate of drug-likeness (QED) is 0.0334. The molecule has 0 unspecified atom stereocenters. The van der Waals surface area contributed by atoms with Crippen LogP contribution in [0.1, 0.15) is 99.2 Å². The molecule has 0 aliphatic carbocycles. The minimum absolute atomic E-state index is 0.000723. The van der Waals surface area contributed by atoms with Crippen molar-refractivity contribution in [2.45, 2.75) is 130 Å². The molecule has 1 aromatic carbocycles. The Bertz CT molecular complexity index is 2230. The summed E-state index contributed by atoms with van der Waals surface area (Å²) >= 11 is 3.01. The second kappa shape index (κ2) is 65.7. The van der Waals surface area contributed by atoms with Crippen LogP contribution in [-0.2, 0) is 80.8 Å². The second-order valence-electron chi connectivity index (χ2n) is 24.0. The highest BCUT2D eigenvalue weighted by molar-refractivity contribution is 9.09. The van der Waals surface area contributed by atoms with E-state index in [2.05, 4.69) is 52.9 Å². The van der Waals surface area contributed by atoms with Crippen molar-refractivity contribution in [3.05, 3.63) is 35.9 Å². The number of hydrogen-bond donors (Lipinski definition) is 5. The standard InChI is InChI=1S/C51H86N4O11.C11H20O5.C8H18O5.C3H3Br/c1-14-25-63-27-29-65-31-32-66-30-28-64-26-24-53(10)46(36(5)6)43(56)33-41(35(3)4)51(60)54(11)47(37(7)15-2)44(61-12)34-45(57)55-23-19-22-42(55)49(62-13)38(8)50(59)52-39(9)48(58)40-20-17-16-18-21-40;1-2-4-13-6-8-15-10-11-16-9-7-14-5-3-12;9-1-3-11-5-7-13-8-6-12-4-2-10;1-2-3-4/h1,16-18,20-21,35-39,41-42,44,46-49,58H,15,19,22-34H2,2-13H3,(H,52,59);1,12H,3-11H2;9-10H,1-8H2;1H,3H2/t37-,38+,39+,41-,42-,44+,46-,47-,48+,49+;;;/m0.../s1. The number of halogens is 1. The van der Waals surface area contributed by atoms with Crippen LogP contribution in [0.25, 0.3) is 0 Å². The van der Waals surface area contributed by atoms with Crippen LogP contribution in [0.15, 0.2) is 30.3 Å². The van der Waals surface area contributed by atoms with E-state index >= 15 is 0 Å². The Morgan fingerprint density at radius 3 is 1.41 bits per heavy atom. The van der Waals surface area contributed by atoms with E-state index in [0.29, 0.717) is 169 Å². The summed E-state index contributed by atoms with van der Waals surface area (Å²) in [5.74, 6) is 5.20. The number of methoxy groups -OCH3 is 2. The number of terminal acetylenes is 3. The van der Waals surface area contributed by atoms with Gasteiger partial charge in [-0.3, -0.25) is 24.1 Å². The Morgan fingerprint density at radius 2 is 1.04 bits per heavy atom. The summed E-state index contributed by atoms with van der Waals surface area (Å²) in [5, 5.41) is 39.6. The number of nitrogens with zero attached hydrogens (tertiary/aromatic N) is 3. The van der Waals surface area contributed by atoms with Crippen molar-refractivity contribution in [1.29, 1.82) is 0 Å². The largest absolute Gasteiger partial charge is 0.394 e. The summed E-state index contributed by atoms with van der Waals surface area (Å²) < 4.78 is 69.5. The summed E-state index contributed by atoms with van der Waals surface area (Å²) in [6, 6.07) is 7.41. The first-order chi connectivity index (χ1) is 47.7. The van der Waals surface area contributed by atoms with Gasteiger partial charge in [0.1, 0.15) is 13.2 Å². The van der Waals surface area contributed by atoms with E-state index in [0.717, 1.165) is 12.8 Å². The number of ether oxygens (including phenoxy) is 13. The molecule has 10 atom stereocenters. The first-order valence-electron chi connectivity index (χ1n) is 34.6. The Labute approximate surface area is 602 Å². The summed E-state index contributed by atoms with van der Waals surface area (Å²) in [6.45, 7) is 26.5. The van der Waals surface area contributed by atoms with Gasteiger partial charge in [-0.1, -0.05) is 119 Å². The van der Waals surface area contributed by atoms with E-state index in [1.807, 2.05) is 70.0 Å².